The molecule has 1 aliphatic rings. The molecule has 0 aliphatic carbocycles. The molecular formula is C17H23N3S. The number of rotatable bonds is 5. The van der Waals surface area contributed by atoms with Crippen LogP contribution in [0.4, 0.5) is 0 Å². The zero-order valence-corrected chi connectivity index (χ0v) is 13.5. The molecule has 0 amide bonds. The van der Waals surface area contributed by atoms with Crippen molar-refractivity contribution in [1.29, 1.82) is 0 Å². The van der Waals surface area contributed by atoms with Crippen LogP contribution in [0.3, 0.4) is 0 Å². The van der Waals surface area contributed by atoms with Gasteiger partial charge >= 0.3 is 0 Å². The highest BCUT2D eigenvalue weighted by Gasteiger charge is 2.19. The van der Waals surface area contributed by atoms with Crippen molar-refractivity contribution in [2.75, 3.05) is 31.6 Å². The molecular weight excluding hydrogens is 278 g/mol. The van der Waals surface area contributed by atoms with E-state index in [0.717, 1.165) is 31.6 Å². The van der Waals surface area contributed by atoms with Crippen LogP contribution in [-0.4, -0.2) is 46.7 Å². The van der Waals surface area contributed by atoms with Crippen molar-refractivity contribution in [3.8, 4) is 11.3 Å². The second-order valence-electron chi connectivity index (χ2n) is 5.58. The molecule has 1 N–H and O–H groups in total. The molecule has 0 bridgehead atoms. The van der Waals surface area contributed by atoms with Gasteiger partial charge in [-0.05, 0) is 31.4 Å². The fourth-order valence-corrected chi connectivity index (χ4v) is 3.44. The maximum atomic E-state index is 4.56. The number of nitrogens with zero attached hydrogens (tertiary/aromatic N) is 2. The molecule has 0 radical (unpaired) electrons. The maximum absolute atomic E-state index is 4.56. The molecule has 0 unspecified atom stereocenters. The van der Waals surface area contributed by atoms with Gasteiger partial charge in [0.2, 0.25) is 0 Å². The Labute approximate surface area is 131 Å². The lowest BCUT2D eigenvalue weighted by Gasteiger charge is -2.19. The third kappa shape index (κ3) is 3.50. The molecule has 3 nitrogen and oxygen atoms in total. The molecule has 112 valence electrons. The van der Waals surface area contributed by atoms with Crippen LogP contribution < -0.4 is 0 Å². The van der Waals surface area contributed by atoms with Crippen molar-refractivity contribution in [3.05, 3.63) is 41.6 Å². The van der Waals surface area contributed by atoms with Gasteiger partial charge in [0.15, 0.2) is 0 Å². The Morgan fingerprint density at radius 3 is 2.81 bits per heavy atom. The van der Waals surface area contributed by atoms with Crippen LogP contribution in [-0.2, 0) is 12.8 Å². The van der Waals surface area contributed by atoms with Gasteiger partial charge in [-0.2, -0.15) is 16.9 Å². The van der Waals surface area contributed by atoms with Crippen molar-refractivity contribution in [2.45, 2.75) is 19.3 Å². The number of hydrogen-bond acceptors (Lipinski definition) is 3. The SMILES string of the molecule is CSCCCN1CCc2[nH]nc(-c3ccccc3)c2CC1. The minimum Gasteiger partial charge on any atom is -0.303 e. The normalized spacial score (nSPS) is 15.7. The summed E-state index contributed by atoms with van der Waals surface area (Å²) < 4.78 is 0. The smallest absolute Gasteiger partial charge is 0.0955 e. The Morgan fingerprint density at radius 1 is 1.19 bits per heavy atom. The summed E-state index contributed by atoms with van der Waals surface area (Å²) in [6, 6.07) is 10.5. The molecule has 4 heteroatoms. The highest BCUT2D eigenvalue weighted by Crippen LogP contribution is 2.26. The number of nitrogens with one attached hydrogen (secondary N) is 1. The van der Waals surface area contributed by atoms with Gasteiger partial charge in [-0.1, -0.05) is 30.3 Å². The van der Waals surface area contributed by atoms with Gasteiger partial charge in [-0.3, -0.25) is 5.10 Å². The molecule has 3 rings (SSSR count). The Kier molecular flexibility index (Phi) is 4.99. The summed E-state index contributed by atoms with van der Waals surface area (Å²) in [6.07, 6.45) is 5.67. The molecule has 1 aromatic carbocycles. The van der Waals surface area contributed by atoms with E-state index in [9.17, 15) is 0 Å². The lowest BCUT2D eigenvalue weighted by Crippen LogP contribution is -2.28. The second kappa shape index (κ2) is 7.14. The standard InChI is InChI=1S/C17H23N3S/c1-21-13-5-10-20-11-8-15-16(9-12-20)18-19-17(15)14-6-3-2-4-7-14/h2-4,6-7H,5,8-13H2,1H3,(H,18,19). The van der Waals surface area contributed by atoms with Crippen LogP contribution in [0.5, 0.6) is 0 Å². The van der Waals surface area contributed by atoms with Crippen molar-refractivity contribution in [3.63, 3.8) is 0 Å². The van der Waals surface area contributed by atoms with Crippen molar-refractivity contribution < 1.29 is 0 Å². The Hall–Kier alpha value is -1.26. The molecule has 0 saturated heterocycles. The number of aromatic nitrogens is 2. The first-order valence-corrected chi connectivity index (χ1v) is 9.10. The van der Waals surface area contributed by atoms with E-state index in [4.69, 9.17) is 0 Å². The van der Waals surface area contributed by atoms with Gasteiger partial charge in [0, 0.05) is 36.3 Å². The second-order valence-corrected chi connectivity index (χ2v) is 6.57. The number of thioether (sulfide) groups is 1. The molecule has 0 spiro atoms. The third-order valence-corrected chi connectivity index (χ3v) is 4.88. The fourth-order valence-electron chi connectivity index (χ4n) is 3.02. The summed E-state index contributed by atoms with van der Waals surface area (Å²) in [7, 11) is 0. The Bertz CT molecular complexity index is 565. The van der Waals surface area contributed by atoms with E-state index in [-0.39, 0.29) is 0 Å². The summed E-state index contributed by atoms with van der Waals surface area (Å²) in [5.41, 5.74) is 5.14. The van der Waals surface area contributed by atoms with Crippen LogP contribution in [0.15, 0.2) is 30.3 Å². The van der Waals surface area contributed by atoms with Crippen LogP contribution in [0.1, 0.15) is 17.7 Å². The van der Waals surface area contributed by atoms with Gasteiger partial charge < -0.3 is 4.90 Å². The molecule has 1 aromatic heterocycles. The number of aromatic amines is 1. The number of fused-ring (bicyclic) bond motifs is 1. The van der Waals surface area contributed by atoms with Crippen molar-refractivity contribution in [2.24, 2.45) is 0 Å². The quantitative estimate of drug-likeness (QED) is 0.861. The molecule has 0 fully saturated rings. The van der Waals surface area contributed by atoms with Gasteiger partial charge in [-0.25, -0.2) is 0 Å². The predicted molar refractivity (Wildman–Crippen MR) is 90.9 cm³/mol. The maximum Gasteiger partial charge on any atom is 0.0955 e. The average Bonchev–Trinajstić information content (AvgIpc) is 2.83. The average molecular weight is 301 g/mol. The summed E-state index contributed by atoms with van der Waals surface area (Å²) in [6.45, 7) is 3.53. The molecule has 2 heterocycles. The Morgan fingerprint density at radius 2 is 2.00 bits per heavy atom. The van der Waals surface area contributed by atoms with Crippen LogP contribution in [0, 0.1) is 0 Å². The van der Waals surface area contributed by atoms with Gasteiger partial charge in [-0.15, -0.1) is 0 Å². The largest absolute Gasteiger partial charge is 0.303 e. The van der Waals surface area contributed by atoms with Crippen molar-refractivity contribution in [1.82, 2.24) is 15.1 Å². The van der Waals surface area contributed by atoms with E-state index in [2.05, 4.69) is 51.7 Å². The highest BCUT2D eigenvalue weighted by atomic mass is 32.2. The lowest BCUT2D eigenvalue weighted by atomic mass is 10.0. The van der Waals surface area contributed by atoms with Gasteiger partial charge in [0.05, 0.1) is 5.69 Å². The fraction of sp³-hybridized carbons (Fsp3) is 0.471. The van der Waals surface area contributed by atoms with Crippen LogP contribution in [0.2, 0.25) is 0 Å². The molecule has 0 saturated carbocycles. The molecule has 2 aromatic rings. The zero-order chi connectivity index (χ0) is 14.5. The summed E-state index contributed by atoms with van der Waals surface area (Å²) >= 11 is 1.94. The number of H-pyrrole nitrogens is 1. The zero-order valence-electron chi connectivity index (χ0n) is 12.6. The molecule has 21 heavy (non-hydrogen) atoms. The number of benzene rings is 1. The van der Waals surface area contributed by atoms with E-state index >= 15 is 0 Å². The van der Waals surface area contributed by atoms with E-state index < -0.39 is 0 Å². The van der Waals surface area contributed by atoms with E-state index in [1.807, 2.05) is 11.8 Å². The summed E-state index contributed by atoms with van der Waals surface area (Å²) in [4.78, 5) is 2.60. The first kappa shape index (κ1) is 14.7. The van der Waals surface area contributed by atoms with Gasteiger partial charge in [0.25, 0.3) is 0 Å². The van der Waals surface area contributed by atoms with Crippen LogP contribution >= 0.6 is 11.8 Å². The first-order chi connectivity index (χ1) is 10.4. The predicted octanol–water partition coefficient (Wildman–Crippen LogP) is 3.23. The lowest BCUT2D eigenvalue weighted by molar-refractivity contribution is 0.288. The number of hydrogen-bond donors (Lipinski definition) is 1. The van der Waals surface area contributed by atoms with E-state index in [1.54, 1.807) is 0 Å². The topological polar surface area (TPSA) is 31.9 Å². The summed E-state index contributed by atoms with van der Waals surface area (Å²) in [5, 5.41) is 7.84. The Balaban J connectivity index is 1.71. The molecule has 0 atom stereocenters. The highest BCUT2D eigenvalue weighted by molar-refractivity contribution is 7.98. The van der Waals surface area contributed by atoms with E-state index in [0.29, 0.717) is 0 Å². The summed E-state index contributed by atoms with van der Waals surface area (Å²) in [5.74, 6) is 1.26. The molecule has 1 aliphatic heterocycles. The first-order valence-electron chi connectivity index (χ1n) is 7.71. The minimum absolute atomic E-state index is 1.09. The van der Waals surface area contributed by atoms with Crippen molar-refractivity contribution >= 4 is 11.8 Å². The monoisotopic (exact) mass is 301 g/mol. The van der Waals surface area contributed by atoms with Gasteiger partial charge in [0.1, 0.15) is 0 Å². The van der Waals surface area contributed by atoms with Crippen LogP contribution in [0.25, 0.3) is 11.3 Å². The van der Waals surface area contributed by atoms with E-state index in [1.165, 1.54) is 35.5 Å². The third-order valence-electron chi connectivity index (χ3n) is 4.18. The minimum atomic E-state index is 1.09.